The van der Waals surface area contributed by atoms with E-state index in [1.165, 1.54) is 21.6 Å². The third kappa shape index (κ3) is 1.96. The molecule has 2 N–H and O–H groups in total. The van der Waals surface area contributed by atoms with Crippen LogP contribution < -0.4 is 10.5 Å². The van der Waals surface area contributed by atoms with E-state index in [0.29, 0.717) is 12.6 Å². The van der Waals surface area contributed by atoms with Crippen LogP contribution in [0.4, 0.5) is 0 Å². The molecule has 3 rings (SSSR count). The highest BCUT2D eigenvalue weighted by molar-refractivity contribution is 7.10. The van der Waals surface area contributed by atoms with E-state index in [9.17, 15) is 0 Å². The molecule has 0 aliphatic carbocycles. The molecule has 1 aromatic carbocycles. The minimum Gasteiger partial charge on any atom is -0.490 e. The first-order valence-corrected chi connectivity index (χ1v) is 6.71. The number of benzene rings is 1. The fourth-order valence-electron chi connectivity index (χ4n) is 2.24. The third-order valence-electron chi connectivity index (χ3n) is 3.08. The number of thiophene rings is 1. The molecular formula is C14H15NOS. The maximum Gasteiger partial charge on any atom is 0.123 e. The van der Waals surface area contributed by atoms with Gasteiger partial charge >= 0.3 is 0 Å². The van der Waals surface area contributed by atoms with Crippen molar-refractivity contribution in [1.82, 2.24) is 0 Å². The van der Waals surface area contributed by atoms with Gasteiger partial charge in [0.05, 0.1) is 0 Å². The summed E-state index contributed by atoms with van der Waals surface area (Å²) in [4.78, 5) is 1.23. The Hall–Kier alpha value is -1.32. The standard InChI is InChI=1S/C14H15NOS/c1-9-4-11-5-10(2-3-14(11)16-9)12-6-13(7-15)17-8-12/h2-3,5-6,8-9H,4,7,15H2,1H3. The molecule has 1 aliphatic heterocycles. The topological polar surface area (TPSA) is 35.2 Å². The molecule has 0 fully saturated rings. The molecule has 0 bridgehead atoms. The van der Waals surface area contributed by atoms with Crippen molar-refractivity contribution in [3.05, 3.63) is 40.1 Å². The van der Waals surface area contributed by atoms with Gasteiger partial charge < -0.3 is 10.5 Å². The number of hydrogen-bond acceptors (Lipinski definition) is 3. The molecule has 1 unspecified atom stereocenters. The van der Waals surface area contributed by atoms with Gasteiger partial charge in [0.25, 0.3) is 0 Å². The molecule has 1 aliphatic rings. The predicted molar refractivity (Wildman–Crippen MR) is 71.4 cm³/mol. The molecule has 2 nitrogen and oxygen atoms in total. The van der Waals surface area contributed by atoms with Crippen LogP contribution in [0, 0.1) is 0 Å². The van der Waals surface area contributed by atoms with E-state index in [4.69, 9.17) is 10.5 Å². The largest absolute Gasteiger partial charge is 0.490 e. The van der Waals surface area contributed by atoms with Crippen LogP contribution in [0.25, 0.3) is 11.1 Å². The maximum atomic E-state index is 5.71. The molecule has 1 aromatic heterocycles. The molecule has 2 aromatic rings. The van der Waals surface area contributed by atoms with Crippen molar-refractivity contribution in [3.63, 3.8) is 0 Å². The van der Waals surface area contributed by atoms with Gasteiger partial charge in [-0.25, -0.2) is 0 Å². The SMILES string of the molecule is CC1Cc2cc(-c3csc(CN)c3)ccc2O1. The number of fused-ring (bicyclic) bond motifs is 1. The summed E-state index contributed by atoms with van der Waals surface area (Å²) in [5, 5.41) is 2.17. The van der Waals surface area contributed by atoms with E-state index in [2.05, 4.69) is 36.6 Å². The second-order valence-electron chi connectivity index (χ2n) is 4.46. The highest BCUT2D eigenvalue weighted by Gasteiger charge is 2.19. The molecule has 1 atom stereocenters. The van der Waals surface area contributed by atoms with Gasteiger partial charge in [0.15, 0.2) is 0 Å². The summed E-state index contributed by atoms with van der Waals surface area (Å²) in [5.74, 6) is 1.04. The summed E-state index contributed by atoms with van der Waals surface area (Å²) in [6.07, 6.45) is 1.32. The minimum atomic E-state index is 0.308. The molecule has 3 heteroatoms. The van der Waals surface area contributed by atoms with Crippen LogP contribution in [0.2, 0.25) is 0 Å². The fourth-order valence-corrected chi connectivity index (χ4v) is 3.01. The smallest absolute Gasteiger partial charge is 0.123 e. The first-order chi connectivity index (χ1) is 8.26. The Morgan fingerprint density at radius 2 is 2.24 bits per heavy atom. The van der Waals surface area contributed by atoms with E-state index < -0.39 is 0 Å². The molecule has 0 spiro atoms. The number of hydrogen-bond donors (Lipinski definition) is 1. The van der Waals surface area contributed by atoms with Crippen LogP contribution in [0.3, 0.4) is 0 Å². The van der Waals surface area contributed by atoms with Crippen molar-refractivity contribution in [3.8, 4) is 16.9 Å². The van der Waals surface area contributed by atoms with Crippen molar-refractivity contribution in [2.45, 2.75) is 26.0 Å². The Labute approximate surface area is 105 Å². The van der Waals surface area contributed by atoms with Gasteiger partial charge in [-0.1, -0.05) is 6.07 Å². The van der Waals surface area contributed by atoms with Crippen LogP contribution in [0.15, 0.2) is 29.6 Å². The molecule has 88 valence electrons. The Balaban J connectivity index is 1.97. The van der Waals surface area contributed by atoms with E-state index in [1.807, 2.05) is 0 Å². The summed E-state index contributed by atoms with van der Waals surface area (Å²) in [6.45, 7) is 2.73. The zero-order chi connectivity index (χ0) is 11.8. The zero-order valence-corrected chi connectivity index (χ0v) is 10.6. The monoisotopic (exact) mass is 245 g/mol. The normalized spacial score (nSPS) is 17.9. The summed E-state index contributed by atoms with van der Waals surface area (Å²) in [5.41, 5.74) is 9.48. The summed E-state index contributed by atoms with van der Waals surface area (Å²) in [6, 6.07) is 8.61. The van der Waals surface area contributed by atoms with Crippen LogP contribution in [-0.2, 0) is 13.0 Å². The van der Waals surface area contributed by atoms with E-state index >= 15 is 0 Å². The molecular weight excluding hydrogens is 230 g/mol. The zero-order valence-electron chi connectivity index (χ0n) is 9.77. The summed E-state index contributed by atoms with van der Waals surface area (Å²) in [7, 11) is 0. The first-order valence-electron chi connectivity index (χ1n) is 5.83. The highest BCUT2D eigenvalue weighted by atomic mass is 32.1. The average molecular weight is 245 g/mol. The first kappa shape index (κ1) is 10.8. The molecule has 0 saturated carbocycles. The lowest BCUT2D eigenvalue weighted by molar-refractivity contribution is 0.254. The Kier molecular flexibility index (Phi) is 2.65. The van der Waals surface area contributed by atoms with Crippen LogP contribution in [-0.4, -0.2) is 6.10 Å². The number of rotatable bonds is 2. The van der Waals surface area contributed by atoms with Crippen molar-refractivity contribution in [1.29, 1.82) is 0 Å². The number of ether oxygens (including phenoxy) is 1. The van der Waals surface area contributed by atoms with Gasteiger partial charge in [0.2, 0.25) is 0 Å². The highest BCUT2D eigenvalue weighted by Crippen LogP contribution is 2.34. The second kappa shape index (κ2) is 4.17. The molecule has 0 saturated heterocycles. The van der Waals surface area contributed by atoms with Crippen LogP contribution in [0.5, 0.6) is 5.75 Å². The van der Waals surface area contributed by atoms with Crippen LogP contribution >= 0.6 is 11.3 Å². The maximum absolute atomic E-state index is 5.71. The van der Waals surface area contributed by atoms with Crippen molar-refractivity contribution in [2.75, 3.05) is 0 Å². The lowest BCUT2D eigenvalue weighted by atomic mass is 10.0. The lowest BCUT2D eigenvalue weighted by Gasteiger charge is -2.03. The van der Waals surface area contributed by atoms with Crippen molar-refractivity contribution >= 4 is 11.3 Å². The Morgan fingerprint density at radius 1 is 1.35 bits per heavy atom. The van der Waals surface area contributed by atoms with Gasteiger partial charge in [-0.05, 0) is 47.2 Å². The summed E-state index contributed by atoms with van der Waals surface area (Å²) < 4.78 is 5.71. The summed E-state index contributed by atoms with van der Waals surface area (Å²) >= 11 is 1.72. The van der Waals surface area contributed by atoms with Gasteiger partial charge in [0, 0.05) is 17.8 Å². The lowest BCUT2D eigenvalue weighted by Crippen LogP contribution is -2.05. The average Bonchev–Trinajstić information content (AvgIpc) is 2.92. The second-order valence-corrected chi connectivity index (χ2v) is 5.46. The van der Waals surface area contributed by atoms with Crippen molar-refractivity contribution in [2.24, 2.45) is 5.73 Å². The van der Waals surface area contributed by atoms with E-state index in [-0.39, 0.29) is 0 Å². The van der Waals surface area contributed by atoms with Gasteiger partial charge in [-0.2, -0.15) is 0 Å². The van der Waals surface area contributed by atoms with Gasteiger partial charge in [0.1, 0.15) is 11.9 Å². The Morgan fingerprint density at radius 3 is 3.00 bits per heavy atom. The molecule has 0 radical (unpaired) electrons. The van der Waals surface area contributed by atoms with Crippen LogP contribution in [0.1, 0.15) is 17.4 Å². The predicted octanol–water partition coefficient (Wildman–Crippen LogP) is 3.20. The van der Waals surface area contributed by atoms with E-state index in [0.717, 1.165) is 12.2 Å². The number of nitrogens with two attached hydrogens (primary N) is 1. The van der Waals surface area contributed by atoms with Gasteiger partial charge in [-0.3, -0.25) is 0 Å². The third-order valence-corrected chi connectivity index (χ3v) is 4.04. The molecule has 2 heterocycles. The molecule has 17 heavy (non-hydrogen) atoms. The quantitative estimate of drug-likeness (QED) is 0.881. The van der Waals surface area contributed by atoms with Gasteiger partial charge in [-0.15, -0.1) is 11.3 Å². The molecule has 0 amide bonds. The fraction of sp³-hybridized carbons (Fsp3) is 0.286. The minimum absolute atomic E-state index is 0.308. The van der Waals surface area contributed by atoms with E-state index in [1.54, 1.807) is 11.3 Å². The Bertz CT molecular complexity index is 547. The van der Waals surface area contributed by atoms with Crippen molar-refractivity contribution < 1.29 is 4.74 Å².